The molecule has 0 unspecified atom stereocenters. The van der Waals surface area contributed by atoms with E-state index in [-0.39, 0.29) is 28.3 Å². The van der Waals surface area contributed by atoms with Crippen LogP contribution in [0.4, 0.5) is 32.0 Å². The Balaban J connectivity index is 1.73. The second-order valence-electron chi connectivity index (χ2n) is 6.45. The Morgan fingerprint density at radius 2 is 1.52 bits per heavy atom. The summed E-state index contributed by atoms with van der Waals surface area (Å²) in [6, 6.07) is 8.44. The van der Waals surface area contributed by atoms with Crippen LogP contribution in [0.5, 0.6) is 0 Å². The Kier molecular flexibility index (Phi) is 7.25. The number of nitrogens with zero attached hydrogens (tertiary/aromatic N) is 1. The van der Waals surface area contributed by atoms with Crippen LogP contribution in [0.15, 0.2) is 58.0 Å². The topological polar surface area (TPSA) is 49.6 Å². The van der Waals surface area contributed by atoms with Gasteiger partial charge in [-0.2, -0.15) is 31.4 Å². The number of hydrogen-bond donors (Lipinski definition) is 2. The van der Waals surface area contributed by atoms with Gasteiger partial charge in [-0.1, -0.05) is 23.2 Å². The fraction of sp³-hybridized carbons (Fsp3) is 0.100. The minimum Gasteiger partial charge on any atom is -0.455 e. The molecule has 3 aromatic rings. The predicted molar refractivity (Wildman–Crippen MR) is 118 cm³/mol. The fourth-order valence-electron chi connectivity index (χ4n) is 2.56. The van der Waals surface area contributed by atoms with Crippen molar-refractivity contribution in [2.45, 2.75) is 12.4 Å². The van der Waals surface area contributed by atoms with Gasteiger partial charge in [-0.15, -0.1) is 0 Å². The van der Waals surface area contributed by atoms with Crippen molar-refractivity contribution >= 4 is 52.4 Å². The Morgan fingerprint density at radius 1 is 0.879 bits per heavy atom. The molecule has 0 aliphatic carbocycles. The normalized spacial score (nSPS) is 12.2. The zero-order chi connectivity index (χ0) is 24.4. The molecule has 0 bridgehead atoms. The number of halogens is 8. The maximum atomic E-state index is 13.0. The number of thiocarbonyl (C=S) groups is 1. The van der Waals surface area contributed by atoms with Crippen LogP contribution in [-0.2, 0) is 12.4 Å². The lowest BCUT2D eigenvalue weighted by Gasteiger charge is -2.13. The summed E-state index contributed by atoms with van der Waals surface area (Å²) >= 11 is 16.8. The van der Waals surface area contributed by atoms with E-state index in [1.807, 2.05) is 0 Å². The van der Waals surface area contributed by atoms with Crippen molar-refractivity contribution in [3.8, 4) is 11.3 Å². The fourth-order valence-corrected chi connectivity index (χ4v) is 3.03. The van der Waals surface area contributed by atoms with Crippen LogP contribution < -0.4 is 10.7 Å². The molecule has 0 saturated heterocycles. The third-order valence-corrected chi connectivity index (χ3v) is 4.97. The molecule has 0 radical (unpaired) electrons. The number of nitrogens with one attached hydrogen (secondary N) is 2. The van der Waals surface area contributed by atoms with Gasteiger partial charge in [0, 0.05) is 11.3 Å². The summed E-state index contributed by atoms with van der Waals surface area (Å²) in [7, 11) is 0. The van der Waals surface area contributed by atoms with Crippen molar-refractivity contribution < 1.29 is 30.8 Å². The number of anilines is 1. The van der Waals surface area contributed by atoms with E-state index < -0.39 is 23.5 Å². The van der Waals surface area contributed by atoms with Gasteiger partial charge < -0.3 is 9.73 Å². The lowest BCUT2D eigenvalue weighted by molar-refractivity contribution is -0.143. The second kappa shape index (κ2) is 9.62. The Hall–Kier alpha value is -2.76. The summed E-state index contributed by atoms with van der Waals surface area (Å²) in [4.78, 5) is 0. The van der Waals surface area contributed by atoms with E-state index >= 15 is 0 Å². The number of benzene rings is 2. The number of hydrogen-bond acceptors (Lipinski definition) is 3. The molecule has 3 rings (SSSR count). The molecule has 1 aromatic heterocycles. The molecule has 0 atom stereocenters. The predicted octanol–water partition coefficient (Wildman–Crippen LogP) is 7.61. The lowest BCUT2D eigenvalue weighted by atomic mass is 10.0. The highest BCUT2D eigenvalue weighted by Gasteiger charge is 2.37. The summed E-state index contributed by atoms with van der Waals surface area (Å²) < 4.78 is 83.5. The van der Waals surface area contributed by atoms with Crippen LogP contribution in [0.1, 0.15) is 16.9 Å². The molecule has 0 saturated carbocycles. The van der Waals surface area contributed by atoms with Crippen LogP contribution in [0.25, 0.3) is 11.3 Å². The molecular weight excluding hydrogens is 515 g/mol. The molecule has 0 aliphatic rings. The molecule has 33 heavy (non-hydrogen) atoms. The van der Waals surface area contributed by atoms with Gasteiger partial charge in [-0.3, -0.25) is 5.43 Å². The van der Waals surface area contributed by atoms with E-state index in [4.69, 9.17) is 39.8 Å². The van der Waals surface area contributed by atoms with Gasteiger partial charge in [0.05, 0.1) is 27.4 Å². The van der Waals surface area contributed by atoms with E-state index in [0.717, 1.165) is 6.21 Å². The van der Waals surface area contributed by atoms with E-state index in [9.17, 15) is 26.3 Å². The first-order valence-electron chi connectivity index (χ1n) is 8.78. The summed E-state index contributed by atoms with van der Waals surface area (Å²) in [6.07, 6.45) is -8.79. The highest BCUT2D eigenvalue weighted by atomic mass is 35.5. The molecule has 1 heterocycles. The summed E-state index contributed by atoms with van der Waals surface area (Å²) in [5.41, 5.74) is -0.271. The monoisotopic (exact) mass is 525 g/mol. The van der Waals surface area contributed by atoms with Crippen molar-refractivity contribution in [2.75, 3.05) is 5.32 Å². The second-order valence-corrected chi connectivity index (χ2v) is 7.67. The molecule has 13 heteroatoms. The lowest BCUT2D eigenvalue weighted by Crippen LogP contribution is -2.23. The Labute approximate surface area is 198 Å². The smallest absolute Gasteiger partial charge is 0.416 e. The standard InChI is InChI=1S/C20H11Cl2F6N3OS/c21-15-3-1-13(8-16(15)22)30-18(33)31-29-9-14-2-4-17(32-14)10-5-11(19(23,24)25)7-12(6-10)20(26,27)28/h1-9H,(H2,30,31,33)/b29-9-. The molecule has 0 spiro atoms. The van der Waals surface area contributed by atoms with Gasteiger partial charge >= 0.3 is 12.4 Å². The first-order valence-corrected chi connectivity index (χ1v) is 9.94. The van der Waals surface area contributed by atoms with Gasteiger partial charge in [0.1, 0.15) is 11.5 Å². The third-order valence-electron chi connectivity index (χ3n) is 4.03. The molecule has 2 N–H and O–H groups in total. The molecule has 2 aromatic carbocycles. The molecular formula is C20H11Cl2F6N3OS. The van der Waals surface area contributed by atoms with Crippen LogP contribution in [-0.4, -0.2) is 11.3 Å². The van der Waals surface area contributed by atoms with Crippen molar-refractivity contribution in [2.24, 2.45) is 5.10 Å². The van der Waals surface area contributed by atoms with E-state index in [1.165, 1.54) is 18.2 Å². The van der Waals surface area contributed by atoms with Gasteiger partial charge in [0.25, 0.3) is 0 Å². The van der Waals surface area contributed by atoms with Crippen molar-refractivity contribution in [3.05, 3.63) is 75.5 Å². The largest absolute Gasteiger partial charge is 0.455 e. The van der Waals surface area contributed by atoms with Crippen LogP contribution >= 0.6 is 35.4 Å². The zero-order valence-electron chi connectivity index (χ0n) is 16.0. The minimum absolute atomic E-state index is 0.0422. The quantitative estimate of drug-likeness (QED) is 0.159. The average molecular weight is 526 g/mol. The van der Waals surface area contributed by atoms with Gasteiger partial charge in [-0.25, -0.2) is 0 Å². The number of hydrazone groups is 1. The van der Waals surface area contributed by atoms with Crippen molar-refractivity contribution in [1.82, 2.24) is 5.43 Å². The molecule has 0 amide bonds. The average Bonchev–Trinajstić information content (AvgIpc) is 3.18. The van der Waals surface area contributed by atoms with Crippen LogP contribution in [0.3, 0.4) is 0 Å². The molecule has 4 nitrogen and oxygen atoms in total. The highest BCUT2D eigenvalue weighted by Crippen LogP contribution is 2.38. The van der Waals surface area contributed by atoms with Crippen molar-refractivity contribution in [1.29, 1.82) is 0 Å². The van der Waals surface area contributed by atoms with E-state index in [0.29, 0.717) is 27.9 Å². The minimum atomic E-state index is -4.96. The van der Waals surface area contributed by atoms with Gasteiger partial charge in [0.15, 0.2) is 5.11 Å². The summed E-state index contributed by atoms with van der Waals surface area (Å²) in [5.74, 6) is -0.148. The van der Waals surface area contributed by atoms with Crippen LogP contribution in [0.2, 0.25) is 10.0 Å². The first-order chi connectivity index (χ1) is 15.3. The first kappa shape index (κ1) is 24.9. The zero-order valence-corrected chi connectivity index (χ0v) is 18.3. The van der Waals surface area contributed by atoms with E-state index in [1.54, 1.807) is 12.1 Å². The molecule has 0 aliphatic heterocycles. The Morgan fingerprint density at radius 3 is 2.09 bits per heavy atom. The SMILES string of the molecule is FC(F)(F)c1cc(-c2ccc(/C=N\NC(=S)Nc3ccc(Cl)c(Cl)c3)o2)cc(C(F)(F)F)c1. The number of rotatable bonds is 4. The van der Waals surface area contributed by atoms with Crippen LogP contribution in [0, 0.1) is 0 Å². The Bertz CT molecular complexity index is 1170. The van der Waals surface area contributed by atoms with Crippen molar-refractivity contribution in [3.63, 3.8) is 0 Å². The number of alkyl halides is 6. The maximum absolute atomic E-state index is 13.0. The molecule has 0 fully saturated rings. The van der Waals surface area contributed by atoms with Gasteiger partial charge in [-0.05, 0) is 60.7 Å². The summed E-state index contributed by atoms with van der Waals surface area (Å²) in [5, 5.41) is 7.33. The maximum Gasteiger partial charge on any atom is 0.416 e. The highest BCUT2D eigenvalue weighted by molar-refractivity contribution is 7.80. The van der Waals surface area contributed by atoms with E-state index in [2.05, 4.69) is 15.8 Å². The number of furan rings is 1. The van der Waals surface area contributed by atoms with Gasteiger partial charge in [0.2, 0.25) is 0 Å². The summed E-state index contributed by atoms with van der Waals surface area (Å²) in [6.45, 7) is 0. The third kappa shape index (κ3) is 6.62. The molecule has 174 valence electrons.